The Labute approximate surface area is 202 Å². The minimum atomic E-state index is -0.0248. The average Bonchev–Trinajstić information content (AvgIpc) is 3.29. The van der Waals surface area contributed by atoms with Crippen LogP contribution in [0.2, 0.25) is 10.0 Å². The van der Waals surface area contributed by atoms with Gasteiger partial charge in [-0.25, -0.2) is 4.98 Å². The molecule has 0 spiro atoms. The first-order valence-electron chi connectivity index (χ1n) is 10.6. The van der Waals surface area contributed by atoms with Gasteiger partial charge in [0.2, 0.25) is 11.1 Å². The van der Waals surface area contributed by atoms with Crippen LogP contribution in [0, 0.1) is 5.92 Å². The Kier molecular flexibility index (Phi) is 8.08. The van der Waals surface area contributed by atoms with Crippen LogP contribution in [0.5, 0.6) is 0 Å². The standard InChI is InChI=1S/C23H25Cl2N5OS/c24-19-9-4-10-20(25)18(19)15-30-12-5-8-17(14-30)22(31)26-11-13-32-23-27-21(28-29-23)16-6-2-1-3-7-16/h1-4,6-7,9-10,17H,5,8,11-15H2,(H,26,31)(H,27,28,29). The summed E-state index contributed by atoms with van der Waals surface area (Å²) in [7, 11) is 0. The molecule has 2 heterocycles. The van der Waals surface area contributed by atoms with Crippen molar-refractivity contribution in [1.82, 2.24) is 25.4 Å². The monoisotopic (exact) mass is 489 g/mol. The van der Waals surface area contributed by atoms with E-state index < -0.39 is 0 Å². The van der Waals surface area contributed by atoms with E-state index in [1.54, 1.807) is 0 Å². The number of hydrogen-bond donors (Lipinski definition) is 2. The fourth-order valence-corrected chi connectivity index (χ4v) is 4.99. The number of carbonyl (C=O) groups is 1. The number of nitrogens with one attached hydrogen (secondary N) is 2. The number of aromatic nitrogens is 3. The second kappa shape index (κ2) is 11.2. The minimum absolute atomic E-state index is 0.0248. The van der Waals surface area contributed by atoms with Crippen molar-refractivity contribution in [2.24, 2.45) is 5.92 Å². The molecule has 0 saturated carbocycles. The summed E-state index contributed by atoms with van der Waals surface area (Å²) in [6, 6.07) is 15.4. The predicted molar refractivity (Wildman–Crippen MR) is 130 cm³/mol. The molecule has 1 aromatic heterocycles. The smallest absolute Gasteiger partial charge is 0.224 e. The number of amides is 1. The molecule has 4 rings (SSSR count). The van der Waals surface area contributed by atoms with E-state index in [-0.39, 0.29) is 11.8 Å². The summed E-state index contributed by atoms with van der Waals surface area (Å²) in [5, 5.41) is 12.3. The molecule has 1 unspecified atom stereocenters. The van der Waals surface area contributed by atoms with Crippen molar-refractivity contribution in [2.75, 3.05) is 25.4 Å². The number of rotatable bonds is 8. The third-order valence-corrected chi connectivity index (χ3v) is 7.02. The van der Waals surface area contributed by atoms with Gasteiger partial charge in [-0.1, -0.05) is 71.4 Å². The second-order valence-electron chi connectivity index (χ2n) is 7.75. The van der Waals surface area contributed by atoms with Crippen LogP contribution in [0.15, 0.2) is 53.7 Å². The van der Waals surface area contributed by atoms with Gasteiger partial charge in [-0.05, 0) is 31.5 Å². The highest BCUT2D eigenvalue weighted by Gasteiger charge is 2.26. The van der Waals surface area contributed by atoms with Crippen LogP contribution in [0.3, 0.4) is 0 Å². The molecule has 1 fully saturated rings. The molecule has 168 valence electrons. The quantitative estimate of drug-likeness (QED) is 0.347. The number of thioether (sulfide) groups is 1. The molecule has 1 aliphatic rings. The van der Waals surface area contributed by atoms with Crippen LogP contribution in [-0.2, 0) is 11.3 Å². The number of likely N-dealkylation sites (tertiary alicyclic amines) is 1. The maximum Gasteiger partial charge on any atom is 0.224 e. The predicted octanol–water partition coefficient (Wildman–Crippen LogP) is 4.90. The number of halogens is 2. The Morgan fingerprint density at radius 1 is 1.16 bits per heavy atom. The van der Waals surface area contributed by atoms with E-state index in [4.69, 9.17) is 23.2 Å². The summed E-state index contributed by atoms with van der Waals surface area (Å²) in [6.45, 7) is 2.88. The number of piperidine rings is 1. The largest absolute Gasteiger partial charge is 0.355 e. The van der Waals surface area contributed by atoms with Gasteiger partial charge in [-0.15, -0.1) is 5.10 Å². The van der Waals surface area contributed by atoms with E-state index >= 15 is 0 Å². The molecule has 2 aromatic carbocycles. The summed E-state index contributed by atoms with van der Waals surface area (Å²) in [5.41, 5.74) is 1.93. The molecule has 1 amide bonds. The third kappa shape index (κ3) is 6.04. The molecule has 0 aliphatic carbocycles. The van der Waals surface area contributed by atoms with Crippen LogP contribution in [-0.4, -0.2) is 51.4 Å². The first-order valence-corrected chi connectivity index (χ1v) is 12.4. The number of nitrogens with zero attached hydrogens (tertiary/aromatic N) is 3. The molecule has 0 bridgehead atoms. The Morgan fingerprint density at radius 3 is 2.72 bits per heavy atom. The lowest BCUT2D eigenvalue weighted by molar-refractivity contribution is -0.126. The van der Waals surface area contributed by atoms with Crippen LogP contribution < -0.4 is 5.32 Å². The average molecular weight is 490 g/mol. The molecule has 1 atom stereocenters. The number of carbonyl (C=O) groups excluding carboxylic acids is 1. The lowest BCUT2D eigenvalue weighted by Crippen LogP contribution is -2.43. The van der Waals surface area contributed by atoms with Crippen LogP contribution in [0.1, 0.15) is 18.4 Å². The lowest BCUT2D eigenvalue weighted by atomic mass is 9.96. The number of H-pyrrole nitrogens is 1. The van der Waals surface area contributed by atoms with E-state index in [1.165, 1.54) is 11.8 Å². The summed E-state index contributed by atoms with van der Waals surface area (Å²) < 4.78 is 0. The molecule has 9 heteroatoms. The molecular weight excluding hydrogens is 465 g/mol. The van der Waals surface area contributed by atoms with E-state index in [0.29, 0.717) is 40.6 Å². The zero-order chi connectivity index (χ0) is 22.3. The Hall–Kier alpha value is -2.06. The topological polar surface area (TPSA) is 73.9 Å². The number of aromatic amines is 1. The highest BCUT2D eigenvalue weighted by molar-refractivity contribution is 7.99. The van der Waals surface area contributed by atoms with Gasteiger partial charge in [0.1, 0.15) is 0 Å². The number of hydrogen-bond acceptors (Lipinski definition) is 5. The Balaban J connectivity index is 1.22. The first-order chi connectivity index (χ1) is 15.6. The Bertz CT molecular complexity index is 1030. The van der Waals surface area contributed by atoms with Gasteiger partial charge in [0.05, 0.1) is 5.92 Å². The molecule has 6 nitrogen and oxygen atoms in total. The SMILES string of the molecule is O=C(NCCSc1n[nH]c(-c2ccccc2)n1)C1CCCN(Cc2c(Cl)cccc2Cl)C1. The van der Waals surface area contributed by atoms with E-state index in [9.17, 15) is 4.79 Å². The van der Waals surface area contributed by atoms with Crippen molar-refractivity contribution in [3.05, 3.63) is 64.1 Å². The zero-order valence-corrected chi connectivity index (χ0v) is 19.9. The van der Waals surface area contributed by atoms with Gasteiger partial charge in [-0.3, -0.25) is 14.8 Å². The van der Waals surface area contributed by atoms with Gasteiger partial charge in [0.15, 0.2) is 5.82 Å². The van der Waals surface area contributed by atoms with Gasteiger partial charge >= 0.3 is 0 Å². The highest BCUT2D eigenvalue weighted by Crippen LogP contribution is 2.28. The maximum atomic E-state index is 12.7. The maximum absolute atomic E-state index is 12.7. The fraction of sp³-hybridized carbons (Fsp3) is 0.348. The van der Waals surface area contributed by atoms with E-state index in [0.717, 1.165) is 36.3 Å². The summed E-state index contributed by atoms with van der Waals surface area (Å²) in [4.78, 5) is 19.5. The van der Waals surface area contributed by atoms with Crippen LogP contribution in [0.4, 0.5) is 0 Å². The lowest BCUT2D eigenvalue weighted by Gasteiger charge is -2.32. The normalized spacial score (nSPS) is 16.8. The van der Waals surface area contributed by atoms with Crippen molar-refractivity contribution in [2.45, 2.75) is 24.5 Å². The van der Waals surface area contributed by atoms with Crippen molar-refractivity contribution >= 4 is 40.9 Å². The molecule has 32 heavy (non-hydrogen) atoms. The highest BCUT2D eigenvalue weighted by atomic mass is 35.5. The van der Waals surface area contributed by atoms with Crippen molar-refractivity contribution < 1.29 is 4.79 Å². The third-order valence-electron chi connectivity index (χ3n) is 5.46. The second-order valence-corrected chi connectivity index (χ2v) is 9.62. The summed E-state index contributed by atoms with van der Waals surface area (Å²) in [5.74, 6) is 1.53. The van der Waals surface area contributed by atoms with Gasteiger partial charge in [-0.2, -0.15) is 0 Å². The minimum Gasteiger partial charge on any atom is -0.355 e. The van der Waals surface area contributed by atoms with Crippen molar-refractivity contribution in [1.29, 1.82) is 0 Å². The molecular formula is C23H25Cl2N5OS. The first kappa shape index (κ1) is 23.1. The van der Waals surface area contributed by atoms with Gasteiger partial charge in [0.25, 0.3) is 0 Å². The van der Waals surface area contributed by atoms with E-state index in [2.05, 4.69) is 25.4 Å². The summed E-state index contributed by atoms with van der Waals surface area (Å²) >= 11 is 14.1. The van der Waals surface area contributed by atoms with Crippen molar-refractivity contribution in [3.8, 4) is 11.4 Å². The number of benzene rings is 2. The molecule has 1 saturated heterocycles. The van der Waals surface area contributed by atoms with Gasteiger partial charge < -0.3 is 5.32 Å². The summed E-state index contributed by atoms with van der Waals surface area (Å²) in [6.07, 6.45) is 1.88. The molecule has 0 radical (unpaired) electrons. The molecule has 1 aliphatic heterocycles. The zero-order valence-electron chi connectivity index (χ0n) is 17.6. The Morgan fingerprint density at radius 2 is 1.94 bits per heavy atom. The fourth-order valence-electron chi connectivity index (χ4n) is 3.82. The van der Waals surface area contributed by atoms with Crippen LogP contribution in [0.25, 0.3) is 11.4 Å². The molecule has 2 N–H and O–H groups in total. The van der Waals surface area contributed by atoms with Crippen LogP contribution >= 0.6 is 35.0 Å². The van der Waals surface area contributed by atoms with Crippen molar-refractivity contribution in [3.63, 3.8) is 0 Å². The van der Waals surface area contributed by atoms with E-state index in [1.807, 2.05) is 48.5 Å². The molecule has 3 aromatic rings. The van der Waals surface area contributed by atoms with Gasteiger partial charge in [0, 0.05) is 46.6 Å².